The molecule has 2 heterocycles. The summed E-state index contributed by atoms with van der Waals surface area (Å²) < 4.78 is 5.43. The molecule has 0 radical (unpaired) electrons. The fourth-order valence-corrected chi connectivity index (χ4v) is 5.68. The Morgan fingerprint density at radius 2 is 1.65 bits per heavy atom. The lowest BCUT2D eigenvalue weighted by Gasteiger charge is -2.28. The van der Waals surface area contributed by atoms with Crippen LogP contribution in [0.3, 0.4) is 0 Å². The van der Waals surface area contributed by atoms with E-state index < -0.39 is 5.97 Å². The van der Waals surface area contributed by atoms with Crippen molar-refractivity contribution in [2.75, 3.05) is 42.3 Å². The van der Waals surface area contributed by atoms with Crippen LogP contribution in [0.5, 0.6) is 0 Å². The number of hydrogen-bond donors (Lipinski definition) is 2. The number of rotatable bonds is 8. The molecule has 9 heteroatoms. The van der Waals surface area contributed by atoms with Crippen LogP contribution < -0.4 is 10.2 Å². The molecular weight excluding hydrogens is 506 g/mol. The van der Waals surface area contributed by atoms with Crippen LogP contribution in [0.25, 0.3) is 21.0 Å². The number of hydrogen-bond acceptors (Lipinski definition) is 7. The van der Waals surface area contributed by atoms with Gasteiger partial charge in [0.2, 0.25) is 0 Å². The summed E-state index contributed by atoms with van der Waals surface area (Å²) in [6, 6.07) is 25.2. The van der Waals surface area contributed by atoms with Crippen LogP contribution in [0, 0.1) is 0 Å². The third-order valence-corrected chi connectivity index (χ3v) is 7.99. The molecule has 3 aromatic carbocycles. The van der Waals surface area contributed by atoms with Gasteiger partial charge in [0.05, 0.1) is 23.8 Å². The quantitative estimate of drug-likeness (QED) is 0.280. The average molecular weight is 532 g/mol. The Bertz CT molecular complexity index is 1370. The van der Waals surface area contributed by atoms with Gasteiger partial charge in [-0.25, -0.2) is 4.98 Å². The number of aliphatic carboxylic acids is 1. The zero-order valence-corrected chi connectivity index (χ0v) is 21.6. The zero-order valence-electron chi connectivity index (χ0n) is 19.9. The Balaban J connectivity index is 1.38. The zero-order chi connectivity index (χ0) is 25.6. The monoisotopic (exact) mass is 531 g/mol. The van der Waals surface area contributed by atoms with Crippen LogP contribution in [0.15, 0.2) is 83.8 Å². The molecule has 0 bridgehead atoms. The number of carbonyl (C=O) groups excluding carboxylic acids is 1. The average Bonchev–Trinajstić information content (AvgIpc) is 3.39. The number of thioether (sulfide) groups is 1. The van der Waals surface area contributed by atoms with E-state index in [0.717, 1.165) is 57.9 Å². The van der Waals surface area contributed by atoms with Gasteiger partial charge in [0.25, 0.3) is 5.91 Å². The standard InChI is InChI=1S/C28H25N3O4S2/c32-24(33)18-36-23-12-6-20(7-13-23)28-30-25(26(37-28)19-4-2-1-3-5-19)27(34)29-21-8-10-22(11-9-21)31-14-16-35-17-15-31/h1-13H,14-18H2,(H,29,34)(H,32,33). The molecule has 0 atom stereocenters. The van der Waals surface area contributed by atoms with Gasteiger partial charge in [0, 0.05) is 34.9 Å². The first kappa shape index (κ1) is 25.0. The Labute approximate surface area is 223 Å². The van der Waals surface area contributed by atoms with Gasteiger partial charge in [0.15, 0.2) is 0 Å². The molecular formula is C28H25N3O4S2. The molecule has 0 saturated carbocycles. The molecule has 1 fully saturated rings. The first-order chi connectivity index (χ1) is 18.1. The lowest BCUT2D eigenvalue weighted by Crippen LogP contribution is -2.36. The maximum atomic E-state index is 13.4. The van der Waals surface area contributed by atoms with Crippen molar-refractivity contribution >= 4 is 46.3 Å². The van der Waals surface area contributed by atoms with E-state index in [1.54, 1.807) is 0 Å². The summed E-state index contributed by atoms with van der Waals surface area (Å²) in [5, 5.41) is 12.6. The largest absolute Gasteiger partial charge is 0.481 e. The number of carbonyl (C=O) groups is 2. The normalized spacial score (nSPS) is 13.4. The summed E-state index contributed by atoms with van der Waals surface area (Å²) >= 11 is 2.72. The molecule has 37 heavy (non-hydrogen) atoms. The first-order valence-electron chi connectivity index (χ1n) is 11.8. The molecule has 1 amide bonds. The molecule has 2 N–H and O–H groups in total. The maximum Gasteiger partial charge on any atom is 0.313 e. The maximum absolute atomic E-state index is 13.4. The Kier molecular flexibility index (Phi) is 7.84. The van der Waals surface area contributed by atoms with Crippen molar-refractivity contribution in [1.82, 2.24) is 4.98 Å². The summed E-state index contributed by atoms with van der Waals surface area (Å²) in [5.74, 6) is -1.12. The van der Waals surface area contributed by atoms with Gasteiger partial charge in [-0.15, -0.1) is 23.1 Å². The van der Waals surface area contributed by atoms with E-state index >= 15 is 0 Å². The summed E-state index contributed by atoms with van der Waals surface area (Å²) in [6.07, 6.45) is 0. The van der Waals surface area contributed by atoms with Gasteiger partial charge in [-0.1, -0.05) is 42.5 Å². The number of morpholine rings is 1. The molecule has 1 aromatic heterocycles. The van der Waals surface area contributed by atoms with Crippen molar-refractivity contribution in [3.8, 4) is 21.0 Å². The van der Waals surface area contributed by atoms with Crippen molar-refractivity contribution in [1.29, 1.82) is 0 Å². The van der Waals surface area contributed by atoms with E-state index in [1.165, 1.54) is 23.1 Å². The van der Waals surface area contributed by atoms with Gasteiger partial charge < -0.3 is 20.1 Å². The van der Waals surface area contributed by atoms with Gasteiger partial charge in [-0.05, 0) is 42.0 Å². The highest BCUT2D eigenvalue weighted by Crippen LogP contribution is 2.36. The summed E-state index contributed by atoms with van der Waals surface area (Å²) in [7, 11) is 0. The van der Waals surface area contributed by atoms with Crippen molar-refractivity contribution in [3.05, 3.63) is 84.6 Å². The Morgan fingerprint density at radius 1 is 0.946 bits per heavy atom. The fraction of sp³-hybridized carbons (Fsp3) is 0.179. The Hall–Kier alpha value is -3.66. The summed E-state index contributed by atoms with van der Waals surface area (Å²) in [6.45, 7) is 3.15. The number of aromatic nitrogens is 1. The predicted octanol–water partition coefficient (Wildman–Crippen LogP) is 5.74. The Morgan fingerprint density at radius 3 is 2.32 bits per heavy atom. The van der Waals surface area contributed by atoms with Crippen LogP contribution in [0.4, 0.5) is 11.4 Å². The molecule has 1 aliphatic rings. The van der Waals surface area contributed by atoms with E-state index in [9.17, 15) is 9.59 Å². The van der Waals surface area contributed by atoms with E-state index in [2.05, 4.69) is 10.2 Å². The molecule has 7 nitrogen and oxygen atoms in total. The third-order valence-electron chi connectivity index (χ3n) is 5.84. The number of carboxylic acids is 1. The van der Waals surface area contributed by atoms with E-state index in [-0.39, 0.29) is 11.7 Å². The number of ether oxygens (including phenoxy) is 1. The van der Waals surface area contributed by atoms with E-state index in [1.807, 2.05) is 78.9 Å². The van der Waals surface area contributed by atoms with Crippen LogP contribution in [-0.4, -0.2) is 54.0 Å². The summed E-state index contributed by atoms with van der Waals surface area (Å²) in [4.78, 5) is 32.9. The molecule has 0 aliphatic carbocycles. The minimum Gasteiger partial charge on any atom is -0.481 e. The number of benzene rings is 3. The van der Waals surface area contributed by atoms with Gasteiger partial charge in [-0.3, -0.25) is 9.59 Å². The highest BCUT2D eigenvalue weighted by atomic mass is 32.2. The second-order valence-electron chi connectivity index (χ2n) is 8.37. The predicted molar refractivity (Wildman–Crippen MR) is 149 cm³/mol. The van der Waals surface area contributed by atoms with Crippen LogP contribution >= 0.6 is 23.1 Å². The fourth-order valence-electron chi connectivity index (χ4n) is 3.99. The van der Waals surface area contributed by atoms with Gasteiger partial charge in [0.1, 0.15) is 10.7 Å². The van der Waals surface area contributed by atoms with Gasteiger partial charge in [-0.2, -0.15) is 0 Å². The van der Waals surface area contributed by atoms with Crippen molar-refractivity contribution in [2.45, 2.75) is 4.90 Å². The number of carboxylic acid groups (broad SMARTS) is 1. The summed E-state index contributed by atoms with van der Waals surface area (Å²) in [5.41, 5.74) is 3.97. The smallest absolute Gasteiger partial charge is 0.313 e. The van der Waals surface area contributed by atoms with Gasteiger partial charge >= 0.3 is 5.97 Å². The second kappa shape index (κ2) is 11.6. The molecule has 0 spiro atoms. The lowest BCUT2D eigenvalue weighted by molar-refractivity contribution is -0.133. The molecule has 1 saturated heterocycles. The number of anilines is 2. The third kappa shape index (κ3) is 6.19. The van der Waals surface area contributed by atoms with E-state index in [0.29, 0.717) is 11.4 Å². The van der Waals surface area contributed by atoms with Crippen LogP contribution in [-0.2, 0) is 9.53 Å². The highest BCUT2D eigenvalue weighted by molar-refractivity contribution is 8.00. The molecule has 5 rings (SSSR count). The minimum absolute atomic E-state index is 0.00645. The van der Waals surface area contributed by atoms with Crippen molar-refractivity contribution in [3.63, 3.8) is 0 Å². The highest BCUT2D eigenvalue weighted by Gasteiger charge is 2.21. The second-order valence-corrected chi connectivity index (χ2v) is 10.4. The van der Waals surface area contributed by atoms with Crippen molar-refractivity contribution < 1.29 is 19.4 Å². The van der Waals surface area contributed by atoms with Crippen LogP contribution in [0.2, 0.25) is 0 Å². The lowest BCUT2D eigenvalue weighted by atomic mass is 10.1. The molecule has 188 valence electrons. The SMILES string of the molecule is O=C(O)CSc1ccc(-c2nc(C(=O)Nc3ccc(N4CCOCC4)cc3)c(-c3ccccc3)s2)cc1. The number of amides is 1. The molecule has 1 aliphatic heterocycles. The minimum atomic E-state index is -0.854. The van der Waals surface area contributed by atoms with Crippen LogP contribution in [0.1, 0.15) is 10.5 Å². The number of thiazole rings is 1. The molecule has 0 unspecified atom stereocenters. The first-order valence-corrected chi connectivity index (χ1v) is 13.6. The number of nitrogens with zero attached hydrogens (tertiary/aromatic N) is 2. The van der Waals surface area contributed by atoms with E-state index in [4.69, 9.17) is 14.8 Å². The number of nitrogens with one attached hydrogen (secondary N) is 1. The topological polar surface area (TPSA) is 91.8 Å². The molecule has 4 aromatic rings. The van der Waals surface area contributed by atoms with Crippen molar-refractivity contribution in [2.24, 2.45) is 0 Å².